The number of carbonyl (C=O) groups is 1. The predicted molar refractivity (Wildman–Crippen MR) is 142 cm³/mol. The molecule has 0 bridgehead atoms. The van der Waals surface area contributed by atoms with Crippen molar-refractivity contribution in [3.8, 4) is 11.5 Å². The normalized spacial score (nSPS) is 10.8. The smallest absolute Gasteiger partial charge is 0.259 e. The fourth-order valence-corrected chi connectivity index (χ4v) is 3.87. The zero-order valence-electron chi connectivity index (χ0n) is 17.8. The van der Waals surface area contributed by atoms with E-state index < -0.39 is 0 Å². The fourth-order valence-electron chi connectivity index (χ4n) is 2.77. The molecule has 0 aliphatic rings. The molecule has 172 valence electrons. The standard InChI is InChI=1S/C24H22Br3N3O3/c1-2-32-22-12-17(11-21(27)24(22)33-15-16-3-5-18(25)6-4-16)13-29-30-23(31)14-28-20-9-7-19(26)8-10-20/h3-13,28H,2,14-15H2,1H3,(H,30,31)/b29-13-. The number of halogens is 3. The quantitative estimate of drug-likeness (QED) is 0.196. The summed E-state index contributed by atoms with van der Waals surface area (Å²) in [4.78, 5) is 12.1. The number of nitrogens with zero attached hydrogens (tertiary/aromatic N) is 1. The number of hydrazone groups is 1. The van der Waals surface area contributed by atoms with Crippen molar-refractivity contribution in [1.82, 2.24) is 5.43 Å². The maximum atomic E-state index is 12.1. The van der Waals surface area contributed by atoms with Crippen LogP contribution in [0.25, 0.3) is 0 Å². The minimum absolute atomic E-state index is 0.107. The van der Waals surface area contributed by atoms with Gasteiger partial charge in [0, 0.05) is 14.6 Å². The van der Waals surface area contributed by atoms with Crippen LogP contribution in [0.15, 0.2) is 79.2 Å². The summed E-state index contributed by atoms with van der Waals surface area (Å²) in [6.45, 7) is 2.91. The van der Waals surface area contributed by atoms with Gasteiger partial charge in [-0.1, -0.05) is 44.0 Å². The van der Waals surface area contributed by atoms with Gasteiger partial charge in [-0.2, -0.15) is 5.10 Å². The molecule has 3 aromatic carbocycles. The molecule has 0 spiro atoms. The number of amides is 1. The highest BCUT2D eigenvalue weighted by Gasteiger charge is 2.12. The summed E-state index contributed by atoms with van der Waals surface area (Å²) in [5.74, 6) is 0.945. The molecule has 6 nitrogen and oxygen atoms in total. The van der Waals surface area contributed by atoms with Gasteiger partial charge in [-0.25, -0.2) is 5.43 Å². The molecule has 0 saturated heterocycles. The van der Waals surface area contributed by atoms with Gasteiger partial charge in [-0.05, 0) is 82.5 Å². The molecule has 33 heavy (non-hydrogen) atoms. The second-order valence-corrected chi connectivity index (χ2v) is 9.52. The predicted octanol–water partition coefficient (Wildman–Crippen LogP) is 6.51. The first-order valence-electron chi connectivity index (χ1n) is 10.1. The highest BCUT2D eigenvalue weighted by atomic mass is 79.9. The van der Waals surface area contributed by atoms with Gasteiger partial charge in [0.05, 0.1) is 23.8 Å². The molecule has 3 rings (SSSR count). The summed E-state index contributed by atoms with van der Waals surface area (Å²) in [6.07, 6.45) is 1.56. The first kappa shape index (κ1) is 25.3. The van der Waals surface area contributed by atoms with Crippen LogP contribution in [-0.4, -0.2) is 25.3 Å². The minimum atomic E-state index is -0.257. The van der Waals surface area contributed by atoms with Gasteiger partial charge < -0.3 is 14.8 Å². The van der Waals surface area contributed by atoms with Crippen molar-refractivity contribution in [1.29, 1.82) is 0 Å². The first-order valence-corrected chi connectivity index (χ1v) is 12.5. The van der Waals surface area contributed by atoms with Crippen molar-refractivity contribution in [2.45, 2.75) is 13.5 Å². The van der Waals surface area contributed by atoms with E-state index >= 15 is 0 Å². The van der Waals surface area contributed by atoms with Crippen molar-refractivity contribution in [2.24, 2.45) is 5.10 Å². The van der Waals surface area contributed by atoms with Crippen molar-refractivity contribution in [3.05, 3.63) is 85.2 Å². The van der Waals surface area contributed by atoms with Gasteiger partial charge in [0.1, 0.15) is 6.61 Å². The number of anilines is 1. The number of carbonyl (C=O) groups excluding carboxylic acids is 1. The fraction of sp³-hybridized carbons (Fsp3) is 0.167. The summed E-state index contributed by atoms with van der Waals surface area (Å²) in [5, 5.41) is 7.09. The minimum Gasteiger partial charge on any atom is -0.490 e. The molecule has 0 radical (unpaired) electrons. The number of nitrogens with one attached hydrogen (secondary N) is 2. The maximum absolute atomic E-state index is 12.1. The molecule has 0 atom stereocenters. The Morgan fingerprint density at radius 2 is 1.64 bits per heavy atom. The molecule has 0 aliphatic carbocycles. The van der Waals surface area contributed by atoms with E-state index in [2.05, 4.69) is 63.6 Å². The van der Waals surface area contributed by atoms with Crippen LogP contribution < -0.4 is 20.2 Å². The van der Waals surface area contributed by atoms with Gasteiger partial charge in [0.25, 0.3) is 5.91 Å². The third kappa shape index (κ3) is 8.17. The van der Waals surface area contributed by atoms with E-state index in [0.29, 0.717) is 24.7 Å². The Morgan fingerprint density at radius 1 is 0.970 bits per heavy atom. The number of hydrogen-bond donors (Lipinski definition) is 2. The summed E-state index contributed by atoms with van der Waals surface area (Å²) < 4.78 is 14.5. The molecular formula is C24H22Br3N3O3. The van der Waals surface area contributed by atoms with Crippen molar-refractivity contribution < 1.29 is 14.3 Å². The molecule has 0 fully saturated rings. The van der Waals surface area contributed by atoms with Crippen molar-refractivity contribution in [3.63, 3.8) is 0 Å². The topological polar surface area (TPSA) is 72.0 Å². The van der Waals surface area contributed by atoms with Gasteiger partial charge in [0.15, 0.2) is 11.5 Å². The largest absolute Gasteiger partial charge is 0.490 e. The summed E-state index contributed by atoms with van der Waals surface area (Å²) in [6, 6.07) is 19.2. The van der Waals surface area contributed by atoms with Crippen molar-refractivity contribution >= 4 is 65.6 Å². The lowest BCUT2D eigenvalue weighted by Gasteiger charge is -2.14. The van der Waals surface area contributed by atoms with Crippen LogP contribution in [0.1, 0.15) is 18.1 Å². The van der Waals surface area contributed by atoms with Crippen LogP contribution >= 0.6 is 47.8 Å². The monoisotopic (exact) mass is 637 g/mol. The second-order valence-electron chi connectivity index (χ2n) is 6.83. The Kier molecular flexibility index (Phi) is 9.77. The molecule has 0 unspecified atom stereocenters. The van der Waals surface area contributed by atoms with Crippen LogP contribution in [0.2, 0.25) is 0 Å². The van der Waals surface area contributed by atoms with Crippen LogP contribution in [0, 0.1) is 0 Å². The SMILES string of the molecule is CCOc1cc(/C=N\NC(=O)CNc2ccc(Br)cc2)cc(Br)c1OCc1ccc(Br)cc1. The molecule has 2 N–H and O–H groups in total. The molecule has 0 saturated carbocycles. The van der Waals surface area contributed by atoms with Gasteiger partial charge in [0.2, 0.25) is 0 Å². The highest BCUT2D eigenvalue weighted by Crippen LogP contribution is 2.37. The lowest BCUT2D eigenvalue weighted by Crippen LogP contribution is -2.25. The molecule has 9 heteroatoms. The van der Waals surface area contributed by atoms with E-state index in [9.17, 15) is 4.79 Å². The summed E-state index contributed by atoms with van der Waals surface area (Å²) in [7, 11) is 0. The molecule has 0 heterocycles. The van der Waals surface area contributed by atoms with Crippen LogP contribution in [-0.2, 0) is 11.4 Å². The van der Waals surface area contributed by atoms with E-state index in [0.717, 1.165) is 30.2 Å². The van der Waals surface area contributed by atoms with Gasteiger partial charge >= 0.3 is 0 Å². The van der Waals surface area contributed by atoms with E-state index in [1.165, 1.54) is 0 Å². The van der Waals surface area contributed by atoms with E-state index in [1.54, 1.807) is 6.21 Å². The summed E-state index contributed by atoms with van der Waals surface area (Å²) in [5.41, 5.74) is 5.16. The van der Waals surface area contributed by atoms with Crippen LogP contribution in [0.4, 0.5) is 5.69 Å². The molecule has 1 amide bonds. The van der Waals surface area contributed by atoms with Gasteiger partial charge in [-0.15, -0.1) is 0 Å². The van der Waals surface area contributed by atoms with E-state index in [-0.39, 0.29) is 12.5 Å². The average Bonchev–Trinajstić information content (AvgIpc) is 2.79. The number of rotatable bonds is 10. The number of hydrogen-bond acceptors (Lipinski definition) is 5. The maximum Gasteiger partial charge on any atom is 0.259 e. The highest BCUT2D eigenvalue weighted by molar-refractivity contribution is 9.11. The molecule has 0 aromatic heterocycles. The Balaban J connectivity index is 1.60. The Morgan fingerprint density at radius 3 is 2.30 bits per heavy atom. The Bertz CT molecular complexity index is 1100. The summed E-state index contributed by atoms with van der Waals surface area (Å²) >= 11 is 10.4. The average molecular weight is 640 g/mol. The molecular weight excluding hydrogens is 618 g/mol. The molecule has 0 aliphatic heterocycles. The zero-order valence-corrected chi connectivity index (χ0v) is 22.5. The number of benzene rings is 3. The van der Waals surface area contributed by atoms with E-state index in [1.807, 2.05) is 67.6 Å². The van der Waals surface area contributed by atoms with Crippen LogP contribution in [0.5, 0.6) is 11.5 Å². The zero-order chi connectivity index (χ0) is 23.6. The molecule has 3 aromatic rings. The lowest BCUT2D eigenvalue weighted by atomic mass is 10.2. The van der Waals surface area contributed by atoms with Crippen molar-refractivity contribution in [2.75, 3.05) is 18.5 Å². The van der Waals surface area contributed by atoms with E-state index in [4.69, 9.17) is 9.47 Å². The third-order valence-corrected chi connectivity index (χ3v) is 5.97. The second kappa shape index (κ2) is 12.8. The Labute approximate surface area is 218 Å². The lowest BCUT2D eigenvalue weighted by molar-refractivity contribution is -0.119. The van der Waals surface area contributed by atoms with Crippen LogP contribution in [0.3, 0.4) is 0 Å². The third-order valence-electron chi connectivity index (χ3n) is 4.33. The van der Waals surface area contributed by atoms with Gasteiger partial charge in [-0.3, -0.25) is 4.79 Å². The first-order chi connectivity index (χ1) is 15.9. The number of ether oxygens (including phenoxy) is 2. The Hall–Kier alpha value is -2.36.